The van der Waals surface area contributed by atoms with Crippen LogP contribution in [0.5, 0.6) is 0 Å². The van der Waals surface area contributed by atoms with Crippen molar-refractivity contribution in [1.29, 1.82) is 0 Å². The van der Waals surface area contributed by atoms with Crippen molar-refractivity contribution in [3.63, 3.8) is 0 Å². The van der Waals surface area contributed by atoms with E-state index in [1.54, 1.807) is 0 Å². The van der Waals surface area contributed by atoms with Crippen LogP contribution in [0, 0.1) is 6.92 Å². The lowest BCUT2D eigenvalue weighted by molar-refractivity contribution is 0.308. The van der Waals surface area contributed by atoms with Gasteiger partial charge in [-0.05, 0) is 25.3 Å². The van der Waals surface area contributed by atoms with Gasteiger partial charge in [-0.2, -0.15) is 0 Å². The number of hydrogen-bond acceptors (Lipinski definition) is 2. The largest absolute Gasteiger partial charge is 0.326 e. The number of aromatic nitrogens is 2. The number of hydrogen-bond donors (Lipinski definition) is 1. The summed E-state index contributed by atoms with van der Waals surface area (Å²) in [4.78, 5) is 4.36. The molecule has 1 heterocycles. The van der Waals surface area contributed by atoms with Gasteiger partial charge >= 0.3 is 0 Å². The summed E-state index contributed by atoms with van der Waals surface area (Å²) < 4.78 is 2.28. The lowest BCUT2D eigenvalue weighted by Crippen LogP contribution is -2.35. The van der Waals surface area contributed by atoms with Crippen LogP contribution >= 0.6 is 0 Å². The van der Waals surface area contributed by atoms with Gasteiger partial charge in [-0.1, -0.05) is 37.1 Å². The van der Waals surface area contributed by atoms with Crippen LogP contribution in [0.3, 0.4) is 0 Å². The molecule has 2 atom stereocenters. The number of imidazole rings is 1. The van der Waals surface area contributed by atoms with Gasteiger partial charge in [0.05, 0.1) is 24.3 Å². The van der Waals surface area contributed by atoms with Crippen molar-refractivity contribution >= 4 is 0 Å². The Morgan fingerprint density at radius 1 is 1.21 bits per heavy atom. The van der Waals surface area contributed by atoms with Crippen LogP contribution in [0.2, 0.25) is 0 Å². The molecule has 3 rings (SSSR count). The number of benzene rings is 1. The maximum absolute atomic E-state index is 6.31. The molecule has 3 heteroatoms. The van der Waals surface area contributed by atoms with Gasteiger partial charge in [0.2, 0.25) is 0 Å². The Kier molecular flexibility index (Phi) is 3.38. The molecular weight excluding hydrogens is 234 g/mol. The fourth-order valence-electron chi connectivity index (χ4n) is 3.12. The smallest absolute Gasteiger partial charge is 0.0954 e. The summed E-state index contributed by atoms with van der Waals surface area (Å²) in [5, 5.41) is 0. The van der Waals surface area contributed by atoms with E-state index < -0.39 is 0 Å². The third-order valence-corrected chi connectivity index (χ3v) is 4.23. The third-order valence-electron chi connectivity index (χ3n) is 4.23. The summed E-state index contributed by atoms with van der Waals surface area (Å²) in [5.74, 6) is 0. The molecule has 2 N–H and O–H groups in total. The average Bonchev–Trinajstić information content (AvgIpc) is 2.89. The van der Waals surface area contributed by atoms with E-state index in [0.717, 1.165) is 12.8 Å². The van der Waals surface area contributed by atoms with Crippen LogP contribution in [0.1, 0.15) is 37.3 Å². The molecule has 1 fully saturated rings. The minimum atomic E-state index is 0.255. The molecule has 0 amide bonds. The van der Waals surface area contributed by atoms with Crippen LogP contribution in [-0.2, 0) is 0 Å². The van der Waals surface area contributed by atoms with Gasteiger partial charge in [0.15, 0.2) is 0 Å². The molecule has 1 saturated carbocycles. The summed E-state index contributed by atoms with van der Waals surface area (Å²) in [6, 6.07) is 9.12. The number of rotatable bonds is 2. The van der Waals surface area contributed by atoms with E-state index in [1.807, 2.05) is 12.5 Å². The Morgan fingerprint density at radius 3 is 2.79 bits per heavy atom. The molecule has 0 spiro atoms. The van der Waals surface area contributed by atoms with Crippen molar-refractivity contribution in [1.82, 2.24) is 9.55 Å². The molecule has 0 bridgehead atoms. The maximum atomic E-state index is 6.31. The highest BCUT2D eigenvalue weighted by molar-refractivity contribution is 5.63. The van der Waals surface area contributed by atoms with Crippen molar-refractivity contribution in [2.45, 2.75) is 44.7 Å². The molecule has 1 aromatic heterocycles. The van der Waals surface area contributed by atoms with Crippen molar-refractivity contribution in [2.75, 3.05) is 0 Å². The lowest BCUT2D eigenvalue weighted by atomic mass is 9.90. The van der Waals surface area contributed by atoms with Crippen LogP contribution in [-0.4, -0.2) is 15.6 Å². The van der Waals surface area contributed by atoms with E-state index in [4.69, 9.17) is 5.73 Å². The Morgan fingerprint density at radius 2 is 2.00 bits per heavy atom. The Bertz CT molecular complexity index is 559. The topological polar surface area (TPSA) is 43.8 Å². The average molecular weight is 255 g/mol. The second-order valence-corrected chi connectivity index (χ2v) is 5.52. The molecule has 1 aliphatic carbocycles. The summed E-state index contributed by atoms with van der Waals surface area (Å²) >= 11 is 0. The zero-order valence-electron chi connectivity index (χ0n) is 11.4. The molecule has 19 heavy (non-hydrogen) atoms. The SMILES string of the molecule is Cc1ccccc1-c1cncn1[C@@H]1CCCC[C@H]1N. The van der Waals surface area contributed by atoms with Gasteiger partial charge in [0, 0.05) is 11.6 Å². The van der Waals surface area contributed by atoms with Crippen molar-refractivity contribution in [3.8, 4) is 11.3 Å². The monoisotopic (exact) mass is 255 g/mol. The van der Waals surface area contributed by atoms with E-state index >= 15 is 0 Å². The summed E-state index contributed by atoms with van der Waals surface area (Å²) in [7, 11) is 0. The Labute approximate surface area is 114 Å². The Hall–Kier alpha value is -1.61. The summed E-state index contributed by atoms with van der Waals surface area (Å²) in [5.41, 5.74) is 10.0. The van der Waals surface area contributed by atoms with Crippen molar-refractivity contribution < 1.29 is 0 Å². The highest BCUT2D eigenvalue weighted by Crippen LogP contribution is 2.32. The summed E-state index contributed by atoms with van der Waals surface area (Å²) in [6.07, 6.45) is 8.71. The highest BCUT2D eigenvalue weighted by Gasteiger charge is 2.25. The molecule has 3 nitrogen and oxygen atoms in total. The summed E-state index contributed by atoms with van der Waals surface area (Å²) in [6.45, 7) is 2.15. The van der Waals surface area contributed by atoms with Crippen LogP contribution < -0.4 is 5.73 Å². The molecule has 100 valence electrons. The molecule has 0 unspecified atom stereocenters. The molecule has 1 aromatic carbocycles. The molecule has 1 aliphatic rings. The Balaban J connectivity index is 2.01. The van der Waals surface area contributed by atoms with Crippen LogP contribution in [0.4, 0.5) is 0 Å². The first-order valence-electron chi connectivity index (χ1n) is 7.11. The first kappa shape index (κ1) is 12.4. The zero-order valence-corrected chi connectivity index (χ0v) is 11.4. The van der Waals surface area contributed by atoms with Gasteiger partial charge in [-0.3, -0.25) is 0 Å². The van der Waals surface area contributed by atoms with E-state index in [9.17, 15) is 0 Å². The molecule has 0 aliphatic heterocycles. The molecular formula is C16H21N3. The number of aryl methyl sites for hydroxylation is 1. The van der Waals surface area contributed by atoms with Crippen LogP contribution in [0.15, 0.2) is 36.8 Å². The maximum Gasteiger partial charge on any atom is 0.0954 e. The van der Waals surface area contributed by atoms with Crippen molar-refractivity contribution in [3.05, 3.63) is 42.4 Å². The molecule has 0 radical (unpaired) electrons. The number of nitrogens with zero attached hydrogens (tertiary/aromatic N) is 2. The minimum absolute atomic E-state index is 0.255. The third kappa shape index (κ3) is 2.30. The molecule has 2 aromatic rings. The highest BCUT2D eigenvalue weighted by atomic mass is 15.1. The fourth-order valence-corrected chi connectivity index (χ4v) is 3.12. The first-order valence-corrected chi connectivity index (χ1v) is 7.11. The molecule has 0 saturated heterocycles. The van der Waals surface area contributed by atoms with Crippen LogP contribution in [0.25, 0.3) is 11.3 Å². The van der Waals surface area contributed by atoms with E-state index in [2.05, 4.69) is 40.7 Å². The second kappa shape index (κ2) is 5.17. The standard InChI is InChI=1S/C16H21N3/c1-12-6-2-3-7-13(12)16-10-18-11-19(16)15-9-5-4-8-14(15)17/h2-3,6-7,10-11,14-15H,4-5,8-9,17H2,1H3/t14-,15-/m1/s1. The minimum Gasteiger partial charge on any atom is -0.326 e. The lowest BCUT2D eigenvalue weighted by Gasteiger charge is -2.31. The van der Waals surface area contributed by atoms with Gasteiger partial charge in [-0.15, -0.1) is 0 Å². The van der Waals surface area contributed by atoms with E-state index in [1.165, 1.54) is 29.7 Å². The quantitative estimate of drug-likeness (QED) is 0.894. The van der Waals surface area contributed by atoms with Crippen molar-refractivity contribution in [2.24, 2.45) is 5.73 Å². The van der Waals surface area contributed by atoms with Gasteiger partial charge in [0.25, 0.3) is 0 Å². The van der Waals surface area contributed by atoms with Gasteiger partial charge < -0.3 is 10.3 Å². The zero-order chi connectivity index (χ0) is 13.2. The number of nitrogens with two attached hydrogens (primary N) is 1. The predicted molar refractivity (Wildman–Crippen MR) is 77.9 cm³/mol. The second-order valence-electron chi connectivity index (χ2n) is 5.52. The normalized spacial score (nSPS) is 23.5. The van der Waals surface area contributed by atoms with E-state index in [-0.39, 0.29) is 6.04 Å². The predicted octanol–water partition coefficient (Wildman–Crippen LogP) is 3.30. The van der Waals surface area contributed by atoms with Gasteiger partial charge in [0.1, 0.15) is 0 Å². The fraction of sp³-hybridized carbons (Fsp3) is 0.438. The first-order chi connectivity index (χ1) is 9.27. The van der Waals surface area contributed by atoms with Gasteiger partial charge in [-0.25, -0.2) is 4.98 Å². The van der Waals surface area contributed by atoms with E-state index in [0.29, 0.717) is 6.04 Å².